The molecular weight excluding hydrogens is 258 g/mol. The van der Waals surface area contributed by atoms with Crippen LogP contribution in [-0.4, -0.2) is 16.0 Å². The Hall–Kier alpha value is -2.42. The van der Waals surface area contributed by atoms with Crippen LogP contribution in [0.3, 0.4) is 0 Å². The van der Waals surface area contributed by atoms with Crippen molar-refractivity contribution in [2.75, 3.05) is 5.32 Å². The number of hydrogen-bond acceptors (Lipinski definition) is 3. The zero-order valence-electron chi connectivity index (χ0n) is 12.2. The minimum atomic E-state index is 0.364. The molecule has 106 valence electrons. The highest BCUT2D eigenvalue weighted by atomic mass is 15.0. The number of benzene rings is 2. The van der Waals surface area contributed by atoms with Gasteiger partial charge in [-0.15, -0.1) is 0 Å². The molecule has 0 bridgehead atoms. The summed E-state index contributed by atoms with van der Waals surface area (Å²) in [7, 11) is 0. The molecule has 0 aliphatic rings. The van der Waals surface area contributed by atoms with Gasteiger partial charge in [0.15, 0.2) is 0 Å². The Morgan fingerprint density at radius 1 is 0.952 bits per heavy atom. The van der Waals surface area contributed by atoms with E-state index in [1.807, 2.05) is 18.2 Å². The molecule has 0 spiro atoms. The molecule has 1 N–H and O–H groups in total. The number of rotatable bonds is 5. The fourth-order valence-corrected chi connectivity index (χ4v) is 2.45. The molecule has 2 aromatic carbocycles. The molecule has 3 heteroatoms. The Labute approximate surface area is 125 Å². The lowest BCUT2D eigenvalue weighted by molar-refractivity contribution is 0.703. The lowest BCUT2D eigenvalue weighted by Gasteiger charge is -2.15. The zero-order chi connectivity index (χ0) is 14.5. The SMILES string of the molecule is CC(CCc1ccccc1)Nc1ncnc2ccccc12. The molecule has 1 heterocycles. The second-order valence-corrected chi connectivity index (χ2v) is 5.31. The third-order valence-corrected chi connectivity index (χ3v) is 3.63. The van der Waals surface area contributed by atoms with Crippen LogP contribution in [0.5, 0.6) is 0 Å². The lowest BCUT2D eigenvalue weighted by Crippen LogP contribution is -2.17. The first kappa shape index (κ1) is 13.6. The third kappa shape index (κ3) is 3.37. The number of aryl methyl sites for hydroxylation is 1. The number of aromatic nitrogens is 2. The summed E-state index contributed by atoms with van der Waals surface area (Å²) >= 11 is 0. The molecule has 0 amide bonds. The van der Waals surface area contributed by atoms with E-state index in [1.165, 1.54) is 5.56 Å². The highest BCUT2D eigenvalue weighted by Gasteiger charge is 2.07. The third-order valence-electron chi connectivity index (χ3n) is 3.63. The lowest BCUT2D eigenvalue weighted by atomic mass is 10.1. The molecule has 1 unspecified atom stereocenters. The van der Waals surface area contributed by atoms with Crippen molar-refractivity contribution in [1.29, 1.82) is 0 Å². The van der Waals surface area contributed by atoms with Gasteiger partial charge in [-0.25, -0.2) is 9.97 Å². The average Bonchev–Trinajstić information content (AvgIpc) is 2.54. The largest absolute Gasteiger partial charge is 0.367 e. The molecular formula is C18H19N3. The fraction of sp³-hybridized carbons (Fsp3) is 0.222. The Morgan fingerprint density at radius 2 is 1.71 bits per heavy atom. The molecule has 0 aliphatic carbocycles. The van der Waals surface area contributed by atoms with E-state index in [9.17, 15) is 0 Å². The topological polar surface area (TPSA) is 37.8 Å². The van der Waals surface area contributed by atoms with Gasteiger partial charge in [0.05, 0.1) is 5.52 Å². The number of anilines is 1. The molecule has 0 radical (unpaired) electrons. The number of nitrogens with zero attached hydrogens (tertiary/aromatic N) is 2. The van der Waals surface area contributed by atoms with Gasteiger partial charge in [-0.05, 0) is 37.5 Å². The average molecular weight is 277 g/mol. The van der Waals surface area contributed by atoms with Gasteiger partial charge in [0.2, 0.25) is 0 Å². The van der Waals surface area contributed by atoms with Crippen LogP contribution < -0.4 is 5.32 Å². The van der Waals surface area contributed by atoms with Gasteiger partial charge in [-0.3, -0.25) is 0 Å². The molecule has 0 saturated heterocycles. The summed E-state index contributed by atoms with van der Waals surface area (Å²) < 4.78 is 0. The molecule has 3 rings (SSSR count). The van der Waals surface area contributed by atoms with Crippen molar-refractivity contribution < 1.29 is 0 Å². The van der Waals surface area contributed by atoms with E-state index in [4.69, 9.17) is 0 Å². The molecule has 3 aromatic rings. The van der Waals surface area contributed by atoms with Gasteiger partial charge in [0.25, 0.3) is 0 Å². The number of fused-ring (bicyclic) bond motifs is 1. The van der Waals surface area contributed by atoms with Crippen LogP contribution >= 0.6 is 0 Å². The maximum absolute atomic E-state index is 4.38. The summed E-state index contributed by atoms with van der Waals surface area (Å²) in [6.45, 7) is 2.19. The summed E-state index contributed by atoms with van der Waals surface area (Å²) in [6.07, 6.45) is 3.76. The maximum Gasteiger partial charge on any atom is 0.137 e. The summed E-state index contributed by atoms with van der Waals surface area (Å²) in [4.78, 5) is 8.67. The van der Waals surface area contributed by atoms with Crippen LogP contribution in [0.15, 0.2) is 60.9 Å². The van der Waals surface area contributed by atoms with Crippen LogP contribution in [0.4, 0.5) is 5.82 Å². The number of nitrogens with one attached hydrogen (secondary N) is 1. The van der Waals surface area contributed by atoms with E-state index >= 15 is 0 Å². The van der Waals surface area contributed by atoms with Crippen molar-refractivity contribution in [3.63, 3.8) is 0 Å². The van der Waals surface area contributed by atoms with Gasteiger partial charge in [0.1, 0.15) is 12.1 Å². The van der Waals surface area contributed by atoms with Crippen LogP contribution in [0.1, 0.15) is 18.9 Å². The predicted molar refractivity (Wildman–Crippen MR) is 87.4 cm³/mol. The molecule has 3 nitrogen and oxygen atoms in total. The summed E-state index contributed by atoms with van der Waals surface area (Å²) in [5.74, 6) is 0.918. The Kier molecular flexibility index (Phi) is 4.10. The fourth-order valence-electron chi connectivity index (χ4n) is 2.45. The molecule has 0 fully saturated rings. The maximum atomic E-state index is 4.38. The first-order chi connectivity index (χ1) is 10.3. The van der Waals surface area contributed by atoms with Gasteiger partial charge < -0.3 is 5.32 Å². The highest BCUT2D eigenvalue weighted by Crippen LogP contribution is 2.19. The van der Waals surface area contributed by atoms with Crippen molar-refractivity contribution in [3.05, 3.63) is 66.5 Å². The second kappa shape index (κ2) is 6.35. The van der Waals surface area contributed by atoms with Crippen molar-refractivity contribution in [2.45, 2.75) is 25.8 Å². The van der Waals surface area contributed by atoms with E-state index in [-0.39, 0.29) is 0 Å². The second-order valence-electron chi connectivity index (χ2n) is 5.31. The molecule has 21 heavy (non-hydrogen) atoms. The molecule has 0 saturated carbocycles. The minimum absolute atomic E-state index is 0.364. The van der Waals surface area contributed by atoms with Crippen molar-refractivity contribution >= 4 is 16.7 Å². The van der Waals surface area contributed by atoms with Crippen molar-refractivity contribution in [3.8, 4) is 0 Å². The van der Waals surface area contributed by atoms with Crippen molar-refractivity contribution in [1.82, 2.24) is 9.97 Å². The van der Waals surface area contributed by atoms with E-state index in [2.05, 4.69) is 58.6 Å². The standard InChI is InChI=1S/C18H19N3/c1-14(11-12-15-7-3-2-4-8-15)21-18-16-9-5-6-10-17(16)19-13-20-18/h2-10,13-14H,11-12H2,1H3,(H,19,20,21). The van der Waals surface area contributed by atoms with E-state index in [0.717, 1.165) is 29.6 Å². The van der Waals surface area contributed by atoms with Gasteiger partial charge in [0, 0.05) is 11.4 Å². The van der Waals surface area contributed by atoms with E-state index in [1.54, 1.807) is 6.33 Å². The van der Waals surface area contributed by atoms with E-state index in [0.29, 0.717) is 6.04 Å². The summed E-state index contributed by atoms with van der Waals surface area (Å²) in [6, 6.07) is 19.0. The number of para-hydroxylation sites is 1. The van der Waals surface area contributed by atoms with Crippen molar-refractivity contribution in [2.24, 2.45) is 0 Å². The highest BCUT2D eigenvalue weighted by molar-refractivity contribution is 5.88. The van der Waals surface area contributed by atoms with Gasteiger partial charge in [-0.1, -0.05) is 42.5 Å². The van der Waals surface area contributed by atoms with Gasteiger partial charge in [-0.2, -0.15) is 0 Å². The van der Waals surface area contributed by atoms with Crippen LogP contribution in [-0.2, 0) is 6.42 Å². The van der Waals surface area contributed by atoms with Crippen LogP contribution in [0.25, 0.3) is 10.9 Å². The summed E-state index contributed by atoms with van der Waals surface area (Å²) in [5.41, 5.74) is 2.35. The molecule has 0 aliphatic heterocycles. The number of hydrogen-bond donors (Lipinski definition) is 1. The smallest absolute Gasteiger partial charge is 0.137 e. The normalized spacial score (nSPS) is 12.2. The zero-order valence-corrected chi connectivity index (χ0v) is 12.2. The minimum Gasteiger partial charge on any atom is -0.367 e. The van der Waals surface area contributed by atoms with Gasteiger partial charge >= 0.3 is 0 Å². The van der Waals surface area contributed by atoms with Crippen LogP contribution in [0.2, 0.25) is 0 Å². The first-order valence-electron chi connectivity index (χ1n) is 7.33. The molecule has 1 aromatic heterocycles. The Bertz CT molecular complexity index is 704. The Morgan fingerprint density at radius 3 is 2.57 bits per heavy atom. The quantitative estimate of drug-likeness (QED) is 0.764. The predicted octanol–water partition coefficient (Wildman–Crippen LogP) is 4.06. The van der Waals surface area contributed by atoms with E-state index < -0.39 is 0 Å². The summed E-state index contributed by atoms with van der Waals surface area (Å²) in [5, 5.41) is 4.58. The molecule has 1 atom stereocenters. The first-order valence-corrected chi connectivity index (χ1v) is 7.33. The Balaban J connectivity index is 1.67. The van der Waals surface area contributed by atoms with Crippen LogP contribution in [0, 0.1) is 0 Å². The monoisotopic (exact) mass is 277 g/mol.